The van der Waals surface area contributed by atoms with E-state index in [1.165, 1.54) is 0 Å². The topological polar surface area (TPSA) is 17.8 Å². The van der Waals surface area contributed by atoms with Gasteiger partial charge in [0.1, 0.15) is 5.82 Å². The smallest absolute Gasteiger partial charge is 0.129 e. The van der Waals surface area contributed by atoms with Crippen LogP contribution in [-0.2, 0) is 5.88 Å². The van der Waals surface area contributed by atoms with Gasteiger partial charge in [0.15, 0.2) is 0 Å². The van der Waals surface area contributed by atoms with E-state index in [1.54, 1.807) is 12.1 Å². The summed E-state index contributed by atoms with van der Waals surface area (Å²) in [5.74, 6) is 1.05. The zero-order valence-electron chi connectivity index (χ0n) is 10.7. The van der Waals surface area contributed by atoms with Crippen LogP contribution < -0.4 is 0 Å². The predicted molar refractivity (Wildman–Crippen MR) is 85.4 cm³/mol. The molecule has 0 aliphatic heterocycles. The van der Waals surface area contributed by atoms with Crippen LogP contribution in [0.25, 0.3) is 16.7 Å². The largest absolute Gasteiger partial charge is 0.293 e. The number of benzene rings is 2. The Hall–Kier alpha value is -1.22. The van der Waals surface area contributed by atoms with Crippen molar-refractivity contribution in [3.8, 4) is 5.69 Å². The fourth-order valence-electron chi connectivity index (χ4n) is 2.35. The van der Waals surface area contributed by atoms with Crippen molar-refractivity contribution in [2.45, 2.75) is 12.8 Å². The van der Waals surface area contributed by atoms with Crippen molar-refractivity contribution >= 4 is 45.8 Å². The number of imidazole rings is 1. The van der Waals surface area contributed by atoms with Crippen LogP contribution >= 0.6 is 34.8 Å². The van der Waals surface area contributed by atoms with E-state index in [4.69, 9.17) is 34.8 Å². The zero-order chi connectivity index (χ0) is 14.3. The minimum Gasteiger partial charge on any atom is -0.293 e. The highest BCUT2D eigenvalue weighted by atomic mass is 35.5. The molecule has 20 heavy (non-hydrogen) atoms. The summed E-state index contributed by atoms with van der Waals surface area (Å²) in [4.78, 5) is 4.57. The van der Waals surface area contributed by atoms with E-state index in [0.29, 0.717) is 15.9 Å². The van der Waals surface area contributed by atoms with Gasteiger partial charge in [-0.2, -0.15) is 0 Å². The second-order valence-electron chi connectivity index (χ2n) is 4.54. The Bertz CT molecular complexity index is 793. The van der Waals surface area contributed by atoms with Crippen molar-refractivity contribution in [1.82, 2.24) is 9.55 Å². The lowest BCUT2D eigenvalue weighted by molar-refractivity contribution is 0.979. The van der Waals surface area contributed by atoms with E-state index in [9.17, 15) is 0 Å². The van der Waals surface area contributed by atoms with Gasteiger partial charge in [-0.3, -0.25) is 4.57 Å². The van der Waals surface area contributed by atoms with Crippen LogP contribution in [0.15, 0.2) is 36.4 Å². The Morgan fingerprint density at radius 2 is 1.95 bits per heavy atom. The number of para-hydroxylation sites is 1. The molecular weight excluding hydrogens is 315 g/mol. The van der Waals surface area contributed by atoms with E-state index in [2.05, 4.69) is 4.98 Å². The molecule has 0 atom stereocenters. The molecule has 0 unspecified atom stereocenters. The Morgan fingerprint density at radius 1 is 1.15 bits per heavy atom. The molecule has 5 heteroatoms. The van der Waals surface area contributed by atoms with Crippen LogP contribution in [0.1, 0.15) is 11.4 Å². The molecular formula is C15H11Cl3N2. The molecule has 0 saturated heterocycles. The number of hydrogen-bond donors (Lipinski definition) is 0. The van der Waals surface area contributed by atoms with Gasteiger partial charge in [-0.25, -0.2) is 4.98 Å². The first-order chi connectivity index (χ1) is 9.61. The third-order valence-corrected chi connectivity index (χ3v) is 4.01. The van der Waals surface area contributed by atoms with Gasteiger partial charge in [-0.1, -0.05) is 35.3 Å². The fourth-order valence-corrected chi connectivity index (χ4v) is 2.90. The van der Waals surface area contributed by atoms with Crippen LogP contribution in [0.4, 0.5) is 0 Å². The van der Waals surface area contributed by atoms with Gasteiger partial charge >= 0.3 is 0 Å². The Balaban J connectivity index is 2.42. The predicted octanol–water partition coefficient (Wildman–Crippen LogP) is 5.38. The second-order valence-corrected chi connectivity index (χ2v) is 5.65. The van der Waals surface area contributed by atoms with E-state index in [1.807, 2.05) is 35.8 Å². The molecule has 0 bridgehead atoms. The Morgan fingerprint density at radius 3 is 2.70 bits per heavy atom. The molecule has 3 rings (SSSR count). The number of nitrogens with zero attached hydrogens (tertiary/aromatic N) is 2. The maximum atomic E-state index is 6.32. The monoisotopic (exact) mass is 324 g/mol. The molecule has 0 fully saturated rings. The molecule has 2 aromatic carbocycles. The summed E-state index contributed by atoms with van der Waals surface area (Å²) in [5.41, 5.74) is 3.82. The summed E-state index contributed by atoms with van der Waals surface area (Å²) in [5, 5.41) is 1.24. The maximum Gasteiger partial charge on any atom is 0.129 e. The van der Waals surface area contributed by atoms with Crippen molar-refractivity contribution < 1.29 is 0 Å². The number of hydrogen-bond acceptors (Lipinski definition) is 1. The first kappa shape index (κ1) is 13.7. The fraction of sp³-hybridized carbons (Fsp3) is 0.133. The summed E-state index contributed by atoms with van der Waals surface area (Å²) in [6.45, 7) is 2.04. The van der Waals surface area contributed by atoms with Crippen LogP contribution in [-0.4, -0.2) is 9.55 Å². The normalized spacial score (nSPS) is 11.2. The molecule has 0 saturated carbocycles. The molecule has 0 aliphatic carbocycles. The number of rotatable bonds is 2. The van der Waals surface area contributed by atoms with Crippen molar-refractivity contribution in [3.05, 3.63) is 57.8 Å². The van der Waals surface area contributed by atoms with E-state index < -0.39 is 0 Å². The molecule has 0 spiro atoms. The molecule has 0 radical (unpaired) electrons. The second kappa shape index (κ2) is 5.28. The van der Waals surface area contributed by atoms with Gasteiger partial charge in [0.2, 0.25) is 0 Å². The highest BCUT2D eigenvalue weighted by Gasteiger charge is 2.15. The minimum atomic E-state index is 0.303. The quantitative estimate of drug-likeness (QED) is 0.578. The standard InChI is InChI=1S/C15H11Cl3N2/c1-9-3-2-4-12-15(9)20(14(8-16)19-12)13-7-10(17)5-6-11(13)18/h2-7H,8H2,1H3. The number of aryl methyl sites for hydroxylation is 1. The van der Waals surface area contributed by atoms with E-state index in [-0.39, 0.29) is 0 Å². The molecule has 3 aromatic rings. The number of fused-ring (bicyclic) bond motifs is 1. The summed E-state index contributed by atoms with van der Waals surface area (Å²) < 4.78 is 1.98. The highest BCUT2D eigenvalue weighted by molar-refractivity contribution is 6.34. The summed E-state index contributed by atoms with van der Waals surface area (Å²) in [7, 11) is 0. The van der Waals surface area contributed by atoms with Crippen molar-refractivity contribution in [1.29, 1.82) is 0 Å². The highest BCUT2D eigenvalue weighted by Crippen LogP contribution is 2.31. The first-order valence-corrected chi connectivity index (χ1v) is 7.39. The van der Waals surface area contributed by atoms with Gasteiger partial charge in [-0.05, 0) is 36.8 Å². The van der Waals surface area contributed by atoms with Gasteiger partial charge in [0.25, 0.3) is 0 Å². The molecule has 1 heterocycles. The van der Waals surface area contributed by atoms with Crippen LogP contribution in [0.2, 0.25) is 10.0 Å². The maximum absolute atomic E-state index is 6.32. The van der Waals surface area contributed by atoms with Crippen molar-refractivity contribution in [2.24, 2.45) is 0 Å². The van der Waals surface area contributed by atoms with Crippen molar-refractivity contribution in [2.75, 3.05) is 0 Å². The Kier molecular flexibility index (Phi) is 3.63. The molecule has 0 amide bonds. The Labute approximate surface area is 131 Å². The van der Waals surface area contributed by atoms with Crippen LogP contribution in [0.3, 0.4) is 0 Å². The lowest BCUT2D eigenvalue weighted by Gasteiger charge is -2.11. The number of aromatic nitrogens is 2. The zero-order valence-corrected chi connectivity index (χ0v) is 13.0. The molecule has 2 nitrogen and oxygen atoms in total. The third-order valence-electron chi connectivity index (χ3n) is 3.22. The molecule has 0 N–H and O–H groups in total. The number of halogens is 3. The van der Waals surface area contributed by atoms with E-state index in [0.717, 1.165) is 28.1 Å². The minimum absolute atomic E-state index is 0.303. The molecule has 102 valence electrons. The average molecular weight is 326 g/mol. The number of alkyl halides is 1. The SMILES string of the molecule is Cc1cccc2nc(CCl)n(-c3cc(Cl)ccc3Cl)c12. The molecule has 1 aromatic heterocycles. The third kappa shape index (κ3) is 2.18. The lowest BCUT2D eigenvalue weighted by Crippen LogP contribution is -2.01. The lowest BCUT2D eigenvalue weighted by atomic mass is 10.2. The summed E-state index contributed by atoms with van der Waals surface area (Å²) >= 11 is 18.5. The van der Waals surface area contributed by atoms with E-state index >= 15 is 0 Å². The van der Waals surface area contributed by atoms with Crippen LogP contribution in [0.5, 0.6) is 0 Å². The van der Waals surface area contributed by atoms with Gasteiger partial charge in [-0.15, -0.1) is 11.6 Å². The summed E-state index contributed by atoms with van der Waals surface area (Å²) in [6, 6.07) is 11.4. The van der Waals surface area contributed by atoms with Gasteiger partial charge in [0, 0.05) is 5.02 Å². The van der Waals surface area contributed by atoms with Gasteiger partial charge < -0.3 is 0 Å². The average Bonchev–Trinajstić information content (AvgIpc) is 2.81. The summed E-state index contributed by atoms with van der Waals surface area (Å²) in [6.07, 6.45) is 0. The van der Waals surface area contributed by atoms with Crippen molar-refractivity contribution in [3.63, 3.8) is 0 Å². The van der Waals surface area contributed by atoms with Crippen LogP contribution in [0, 0.1) is 6.92 Å². The first-order valence-electron chi connectivity index (χ1n) is 6.10. The van der Waals surface area contributed by atoms with Gasteiger partial charge in [0.05, 0.1) is 27.6 Å². The molecule has 0 aliphatic rings.